The fraction of sp³-hybridized carbons (Fsp3) is 0.750. The van der Waals surface area contributed by atoms with Gasteiger partial charge in [0.15, 0.2) is 0 Å². The number of aromatic nitrogens is 3. The molecule has 7 nitrogen and oxygen atoms in total. The van der Waals surface area contributed by atoms with Crippen molar-refractivity contribution in [2.24, 2.45) is 0 Å². The smallest absolute Gasteiger partial charge is 0.336 e. The molecular formula is C12H21N5O2. The lowest BCUT2D eigenvalue weighted by atomic mass is 10.2. The molecule has 7 heteroatoms. The molecule has 1 aromatic heterocycles. The van der Waals surface area contributed by atoms with E-state index in [1.54, 1.807) is 0 Å². The summed E-state index contributed by atoms with van der Waals surface area (Å²) in [6, 6.07) is 0.884. The van der Waals surface area contributed by atoms with E-state index in [1.807, 2.05) is 6.92 Å². The summed E-state index contributed by atoms with van der Waals surface area (Å²) < 4.78 is 4.86. The number of methoxy groups -OCH3 is 1. The molecule has 1 amide bonds. The van der Waals surface area contributed by atoms with Gasteiger partial charge in [-0.1, -0.05) is 0 Å². The second-order valence-corrected chi connectivity index (χ2v) is 5.06. The van der Waals surface area contributed by atoms with E-state index < -0.39 is 0 Å². The summed E-state index contributed by atoms with van der Waals surface area (Å²) in [6.07, 6.45) is 2.27. The summed E-state index contributed by atoms with van der Waals surface area (Å²) in [6.45, 7) is 6.23. The van der Waals surface area contributed by atoms with E-state index in [9.17, 15) is 4.79 Å². The molecule has 1 fully saturated rings. The molecular weight excluding hydrogens is 246 g/mol. The van der Waals surface area contributed by atoms with E-state index in [-0.39, 0.29) is 18.0 Å². The van der Waals surface area contributed by atoms with Crippen LogP contribution in [0.15, 0.2) is 0 Å². The molecule has 3 unspecified atom stereocenters. The molecule has 0 saturated carbocycles. The van der Waals surface area contributed by atoms with Crippen LogP contribution >= 0.6 is 0 Å². The van der Waals surface area contributed by atoms with Crippen LogP contribution in [0, 0.1) is 0 Å². The largest absolute Gasteiger partial charge is 0.466 e. The predicted octanol–water partition coefficient (Wildman–Crippen LogP) is 1.01. The van der Waals surface area contributed by atoms with Crippen LogP contribution in [0.2, 0.25) is 0 Å². The minimum atomic E-state index is -0.191. The number of rotatable bonds is 4. The molecule has 106 valence electrons. The number of nitrogens with zero attached hydrogens (tertiary/aromatic N) is 3. The summed E-state index contributed by atoms with van der Waals surface area (Å²) >= 11 is 0. The first kappa shape index (κ1) is 13.8. The van der Waals surface area contributed by atoms with Crippen molar-refractivity contribution in [1.82, 2.24) is 20.1 Å². The average Bonchev–Trinajstić information content (AvgIpc) is 2.96. The number of aromatic amines is 1. The minimum absolute atomic E-state index is 0.0839. The normalized spacial score (nSPS) is 25.3. The lowest BCUT2D eigenvalue weighted by Gasteiger charge is -2.31. The van der Waals surface area contributed by atoms with Crippen LogP contribution in [-0.4, -0.2) is 51.2 Å². The predicted molar refractivity (Wildman–Crippen MR) is 71.0 cm³/mol. The zero-order valence-electron chi connectivity index (χ0n) is 11.8. The Morgan fingerprint density at radius 2 is 2.11 bits per heavy atom. The first-order chi connectivity index (χ1) is 9.02. The van der Waals surface area contributed by atoms with E-state index in [0.29, 0.717) is 18.0 Å². The van der Waals surface area contributed by atoms with Gasteiger partial charge in [0, 0.05) is 12.1 Å². The quantitative estimate of drug-likeness (QED) is 0.850. The van der Waals surface area contributed by atoms with Gasteiger partial charge in [0.05, 0.1) is 13.2 Å². The Kier molecular flexibility index (Phi) is 4.04. The van der Waals surface area contributed by atoms with Crippen molar-refractivity contribution in [2.75, 3.05) is 12.4 Å². The summed E-state index contributed by atoms with van der Waals surface area (Å²) in [5.74, 6) is 0.229. The molecule has 2 N–H and O–H groups in total. The molecule has 19 heavy (non-hydrogen) atoms. The topological polar surface area (TPSA) is 83.1 Å². The molecule has 1 saturated heterocycles. The lowest BCUT2D eigenvalue weighted by molar-refractivity contribution is -0.121. The Labute approximate surface area is 112 Å². The summed E-state index contributed by atoms with van der Waals surface area (Å²) in [7, 11) is 1.48. The van der Waals surface area contributed by atoms with Crippen LogP contribution < -0.4 is 10.1 Å². The maximum Gasteiger partial charge on any atom is 0.336 e. The van der Waals surface area contributed by atoms with Crippen molar-refractivity contribution in [3.05, 3.63) is 0 Å². The van der Waals surface area contributed by atoms with Crippen molar-refractivity contribution >= 4 is 11.9 Å². The number of amides is 1. The monoisotopic (exact) mass is 267 g/mol. The van der Waals surface area contributed by atoms with E-state index in [0.717, 1.165) is 12.8 Å². The van der Waals surface area contributed by atoms with Gasteiger partial charge in [-0.3, -0.25) is 15.0 Å². The molecule has 1 aromatic rings. The second kappa shape index (κ2) is 5.56. The van der Waals surface area contributed by atoms with Gasteiger partial charge in [-0.25, -0.2) is 5.10 Å². The average molecular weight is 267 g/mol. The third-order valence-electron chi connectivity index (χ3n) is 3.74. The van der Waals surface area contributed by atoms with Crippen molar-refractivity contribution in [3.8, 4) is 6.01 Å². The number of nitrogens with one attached hydrogen (secondary N) is 2. The number of likely N-dealkylation sites (tertiary alicyclic amines) is 1. The van der Waals surface area contributed by atoms with Crippen LogP contribution in [0.3, 0.4) is 0 Å². The fourth-order valence-electron chi connectivity index (χ4n) is 2.73. The number of hydrogen-bond donors (Lipinski definition) is 2. The summed E-state index contributed by atoms with van der Waals surface area (Å²) in [4.78, 5) is 18.4. The van der Waals surface area contributed by atoms with Gasteiger partial charge in [-0.2, -0.15) is 4.98 Å². The second-order valence-electron chi connectivity index (χ2n) is 5.06. The van der Waals surface area contributed by atoms with Gasteiger partial charge in [-0.05, 0) is 33.6 Å². The Bertz CT molecular complexity index is 437. The zero-order valence-corrected chi connectivity index (χ0v) is 11.8. The molecule has 0 aromatic carbocycles. The molecule has 0 spiro atoms. The van der Waals surface area contributed by atoms with Crippen molar-refractivity contribution in [3.63, 3.8) is 0 Å². The highest BCUT2D eigenvalue weighted by atomic mass is 16.5. The van der Waals surface area contributed by atoms with E-state index in [1.165, 1.54) is 7.11 Å². The highest BCUT2D eigenvalue weighted by Gasteiger charge is 2.34. The maximum absolute atomic E-state index is 12.2. The van der Waals surface area contributed by atoms with Crippen molar-refractivity contribution in [1.29, 1.82) is 0 Å². The van der Waals surface area contributed by atoms with Gasteiger partial charge in [0.2, 0.25) is 11.9 Å². The third-order valence-corrected chi connectivity index (χ3v) is 3.74. The van der Waals surface area contributed by atoms with Gasteiger partial charge in [0.1, 0.15) is 0 Å². The van der Waals surface area contributed by atoms with E-state index >= 15 is 0 Å². The van der Waals surface area contributed by atoms with Crippen LogP contribution in [0.5, 0.6) is 6.01 Å². The standard InChI is InChI=1S/C12H21N5O2/c1-7-5-6-8(2)17(7)9(3)10(18)13-11-14-12(19-4)16-15-11/h7-9H,5-6H2,1-4H3,(H2,13,14,15,16,18). The molecule has 2 heterocycles. The molecule has 0 bridgehead atoms. The lowest BCUT2D eigenvalue weighted by Crippen LogP contribution is -2.47. The minimum Gasteiger partial charge on any atom is -0.466 e. The van der Waals surface area contributed by atoms with Crippen molar-refractivity contribution < 1.29 is 9.53 Å². The Balaban J connectivity index is 1.99. The third kappa shape index (κ3) is 2.86. The first-order valence-electron chi connectivity index (χ1n) is 6.57. The Morgan fingerprint density at radius 1 is 1.47 bits per heavy atom. The Morgan fingerprint density at radius 3 is 2.63 bits per heavy atom. The molecule has 2 rings (SSSR count). The SMILES string of the molecule is COc1n[nH]c(NC(=O)C(C)N2C(C)CCC2C)n1. The number of carbonyl (C=O) groups excluding carboxylic acids is 1. The number of carbonyl (C=O) groups is 1. The van der Waals surface area contributed by atoms with Gasteiger partial charge >= 0.3 is 6.01 Å². The first-order valence-corrected chi connectivity index (χ1v) is 6.57. The van der Waals surface area contributed by atoms with Gasteiger partial charge in [-0.15, -0.1) is 5.10 Å². The van der Waals surface area contributed by atoms with Crippen molar-refractivity contribution in [2.45, 2.75) is 51.7 Å². The highest BCUT2D eigenvalue weighted by molar-refractivity contribution is 5.93. The van der Waals surface area contributed by atoms with Crippen LogP contribution in [-0.2, 0) is 4.79 Å². The molecule has 1 aliphatic rings. The Hall–Kier alpha value is -1.63. The number of H-pyrrole nitrogens is 1. The highest BCUT2D eigenvalue weighted by Crippen LogP contribution is 2.26. The van der Waals surface area contributed by atoms with E-state index in [4.69, 9.17) is 4.74 Å². The van der Waals surface area contributed by atoms with Crippen LogP contribution in [0.25, 0.3) is 0 Å². The molecule has 3 atom stereocenters. The van der Waals surface area contributed by atoms with Crippen LogP contribution in [0.1, 0.15) is 33.6 Å². The number of anilines is 1. The zero-order chi connectivity index (χ0) is 14.0. The van der Waals surface area contributed by atoms with Crippen LogP contribution in [0.4, 0.5) is 5.95 Å². The summed E-state index contributed by atoms with van der Waals surface area (Å²) in [5, 5.41) is 9.13. The molecule has 1 aliphatic heterocycles. The van der Waals surface area contributed by atoms with Gasteiger partial charge < -0.3 is 4.74 Å². The van der Waals surface area contributed by atoms with Gasteiger partial charge in [0.25, 0.3) is 0 Å². The number of ether oxygens (including phenoxy) is 1. The number of hydrogen-bond acceptors (Lipinski definition) is 5. The maximum atomic E-state index is 12.2. The summed E-state index contributed by atoms with van der Waals surface area (Å²) in [5.41, 5.74) is 0. The fourth-order valence-corrected chi connectivity index (χ4v) is 2.73. The van der Waals surface area contributed by atoms with E-state index in [2.05, 4.69) is 39.2 Å². The molecule has 0 aliphatic carbocycles. The molecule has 0 radical (unpaired) electrons.